The van der Waals surface area contributed by atoms with E-state index in [1.807, 2.05) is 13.8 Å². The fourth-order valence-electron chi connectivity index (χ4n) is 2.44. The van der Waals surface area contributed by atoms with Gasteiger partial charge in [-0.2, -0.15) is 0 Å². The third-order valence-electron chi connectivity index (χ3n) is 4.02. The second-order valence-electron chi connectivity index (χ2n) is 6.01. The zero-order valence-electron chi connectivity index (χ0n) is 13.0. The van der Waals surface area contributed by atoms with E-state index >= 15 is 0 Å². The Kier molecular flexibility index (Phi) is 4.46. The minimum absolute atomic E-state index is 0.0258. The van der Waals surface area contributed by atoms with Crippen LogP contribution in [0.1, 0.15) is 54.5 Å². The molecule has 0 aromatic carbocycles. The van der Waals surface area contributed by atoms with Gasteiger partial charge in [-0.25, -0.2) is 14.8 Å². The molecule has 0 saturated carbocycles. The number of hydrogen-bond donors (Lipinski definition) is 2. The molecule has 2 N–H and O–H groups in total. The van der Waals surface area contributed by atoms with E-state index in [0.717, 1.165) is 0 Å². The van der Waals surface area contributed by atoms with Crippen LogP contribution in [0.4, 0.5) is 0 Å². The van der Waals surface area contributed by atoms with Crippen LogP contribution in [0.25, 0.3) is 0 Å². The van der Waals surface area contributed by atoms with Gasteiger partial charge in [-0.15, -0.1) is 0 Å². The minimum atomic E-state index is -1.73. The number of carbonyl (C=O) groups is 2. The van der Waals surface area contributed by atoms with Crippen LogP contribution in [0.15, 0.2) is 6.20 Å². The van der Waals surface area contributed by atoms with Crippen LogP contribution >= 0.6 is 0 Å². The number of rotatable bonds is 3. The molecule has 1 aliphatic rings. The van der Waals surface area contributed by atoms with Gasteiger partial charge in [0, 0.05) is 38.0 Å². The van der Waals surface area contributed by atoms with Gasteiger partial charge in [0.05, 0.1) is 11.3 Å². The number of piperidine rings is 1. The van der Waals surface area contributed by atoms with Crippen molar-refractivity contribution in [1.82, 2.24) is 14.9 Å². The van der Waals surface area contributed by atoms with Crippen LogP contribution in [-0.2, 0) is 4.79 Å². The van der Waals surface area contributed by atoms with Crippen LogP contribution in [-0.4, -0.2) is 55.6 Å². The highest BCUT2D eigenvalue weighted by Gasteiger charge is 2.40. The van der Waals surface area contributed by atoms with Crippen molar-refractivity contribution in [1.29, 1.82) is 0 Å². The standard InChI is InChI=1S/C15H21N3O4/c1-9(2)12-16-8-11(10(3)17-12)13(19)18-6-4-15(22,5-7-18)14(20)21/h8-9,22H,4-7H2,1-3H3,(H,20,21). The Labute approximate surface area is 129 Å². The first-order chi connectivity index (χ1) is 10.2. The van der Waals surface area contributed by atoms with Gasteiger partial charge in [-0.05, 0) is 6.92 Å². The van der Waals surface area contributed by atoms with E-state index in [0.29, 0.717) is 17.1 Å². The fraction of sp³-hybridized carbons (Fsp3) is 0.600. The van der Waals surface area contributed by atoms with E-state index in [-0.39, 0.29) is 37.8 Å². The maximum atomic E-state index is 12.5. The van der Waals surface area contributed by atoms with Crippen LogP contribution in [0.2, 0.25) is 0 Å². The molecule has 0 aliphatic carbocycles. The third-order valence-corrected chi connectivity index (χ3v) is 4.02. The Morgan fingerprint density at radius 1 is 1.32 bits per heavy atom. The molecule has 1 aromatic rings. The summed E-state index contributed by atoms with van der Waals surface area (Å²) in [5.41, 5.74) is -0.697. The molecular weight excluding hydrogens is 286 g/mol. The van der Waals surface area contributed by atoms with E-state index in [1.165, 1.54) is 11.1 Å². The van der Waals surface area contributed by atoms with Crippen LogP contribution in [0, 0.1) is 6.92 Å². The summed E-state index contributed by atoms with van der Waals surface area (Å²) in [5, 5.41) is 18.9. The molecule has 120 valence electrons. The van der Waals surface area contributed by atoms with Gasteiger partial charge in [-0.3, -0.25) is 4.79 Å². The molecule has 2 heterocycles. The van der Waals surface area contributed by atoms with E-state index in [9.17, 15) is 14.7 Å². The molecule has 0 unspecified atom stereocenters. The summed E-state index contributed by atoms with van der Waals surface area (Å²) in [4.78, 5) is 33.6. The van der Waals surface area contributed by atoms with E-state index in [2.05, 4.69) is 9.97 Å². The lowest BCUT2D eigenvalue weighted by molar-refractivity contribution is -0.162. The maximum absolute atomic E-state index is 12.5. The molecular formula is C15H21N3O4. The average Bonchev–Trinajstić information content (AvgIpc) is 2.47. The molecule has 2 rings (SSSR count). The molecule has 1 saturated heterocycles. The van der Waals surface area contributed by atoms with Crippen molar-refractivity contribution in [3.63, 3.8) is 0 Å². The maximum Gasteiger partial charge on any atom is 0.335 e. The summed E-state index contributed by atoms with van der Waals surface area (Å²) in [6.07, 6.45) is 1.58. The molecule has 1 amide bonds. The third kappa shape index (κ3) is 3.09. The quantitative estimate of drug-likeness (QED) is 0.862. The fourth-order valence-corrected chi connectivity index (χ4v) is 2.44. The van der Waals surface area contributed by atoms with Crippen molar-refractivity contribution in [2.45, 2.75) is 45.1 Å². The predicted octanol–water partition coefficient (Wildman–Crippen LogP) is 0.960. The molecule has 0 bridgehead atoms. The monoisotopic (exact) mass is 307 g/mol. The van der Waals surface area contributed by atoms with Crippen LogP contribution in [0.3, 0.4) is 0 Å². The van der Waals surface area contributed by atoms with Gasteiger partial charge < -0.3 is 15.1 Å². The number of aliphatic hydroxyl groups is 1. The van der Waals surface area contributed by atoms with Gasteiger partial charge in [0.25, 0.3) is 5.91 Å². The number of carboxylic acids is 1. The largest absolute Gasteiger partial charge is 0.479 e. The second-order valence-corrected chi connectivity index (χ2v) is 6.01. The number of hydrogen-bond acceptors (Lipinski definition) is 5. The summed E-state index contributed by atoms with van der Waals surface area (Å²) >= 11 is 0. The number of aromatic nitrogens is 2. The van der Waals surface area contributed by atoms with Crippen molar-refractivity contribution >= 4 is 11.9 Å². The van der Waals surface area contributed by atoms with Gasteiger partial charge in [0.2, 0.25) is 0 Å². The normalized spacial score (nSPS) is 17.6. The SMILES string of the molecule is Cc1nc(C(C)C)ncc1C(=O)N1CCC(O)(C(=O)O)CC1. The zero-order chi connectivity index (χ0) is 16.5. The van der Waals surface area contributed by atoms with Gasteiger partial charge >= 0.3 is 5.97 Å². The second kappa shape index (κ2) is 6.00. The Hall–Kier alpha value is -2.02. The highest BCUT2D eigenvalue weighted by atomic mass is 16.4. The van der Waals surface area contributed by atoms with Crippen molar-refractivity contribution in [2.24, 2.45) is 0 Å². The number of amides is 1. The average molecular weight is 307 g/mol. The number of aliphatic carboxylic acids is 1. The van der Waals surface area contributed by atoms with E-state index in [1.54, 1.807) is 6.92 Å². The van der Waals surface area contributed by atoms with Gasteiger partial charge in [-0.1, -0.05) is 13.8 Å². The van der Waals surface area contributed by atoms with E-state index < -0.39 is 11.6 Å². The number of nitrogens with zero attached hydrogens (tertiary/aromatic N) is 3. The highest BCUT2D eigenvalue weighted by molar-refractivity contribution is 5.95. The minimum Gasteiger partial charge on any atom is -0.479 e. The van der Waals surface area contributed by atoms with Crippen molar-refractivity contribution in [2.75, 3.05) is 13.1 Å². The summed E-state index contributed by atoms with van der Waals surface area (Å²) in [6, 6.07) is 0. The Morgan fingerprint density at radius 3 is 2.36 bits per heavy atom. The summed E-state index contributed by atoms with van der Waals surface area (Å²) < 4.78 is 0. The summed E-state index contributed by atoms with van der Waals surface area (Å²) in [5.74, 6) is -0.586. The number of aryl methyl sites for hydroxylation is 1. The molecule has 0 radical (unpaired) electrons. The molecule has 22 heavy (non-hydrogen) atoms. The molecule has 0 atom stereocenters. The molecule has 7 heteroatoms. The van der Waals surface area contributed by atoms with Crippen molar-refractivity contribution in [3.05, 3.63) is 23.3 Å². The molecule has 7 nitrogen and oxygen atoms in total. The number of carboxylic acid groups (broad SMARTS) is 1. The first-order valence-corrected chi connectivity index (χ1v) is 7.33. The van der Waals surface area contributed by atoms with Crippen molar-refractivity contribution in [3.8, 4) is 0 Å². The lowest BCUT2D eigenvalue weighted by atomic mass is 9.91. The Morgan fingerprint density at radius 2 is 1.91 bits per heavy atom. The number of carbonyl (C=O) groups excluding carboxylic acids is 1. The predicted molar refractivity (Wildman–Crippen MR) is 78.6 cm³/mol. The molecule has 0 spiro atoms. The first kappa shape index (κ1) is 16.4. The number of likely N-dealkylation sites (tertiary alicyclic amines) is 1. The van der Waals surface area contributed by atoms with Crippen molar-refractivity contribution < 1.29 is 19.8 Å². The molecule has 1 aliphatic heterocycles. The van der Waals surface area contributed by atoms with Crippen LogP contribution in [0.5, 0.6) is 0 Å². The topological polar surface area (TPSA) is 104 Å². The van der Waals surface area contributed by atoms with Gasteiger partial charge in [0.15, 0.2) is 5.60 Å². The first-order valence-electron chi connectivity index (χ1n) is 7.33. The molecule has 1 aromatic heterocycles. The lowest BCUT2D eigenvalue weighted by Gasteiger charge is -2.35. The Bertz CT molecular complexity index is 592. The Balaban J connectivity index is 2.12. The summed E-state index contributed by atoms with van der Waals surface area (Å²) in [7, 11) is 0. The lowest BCUT2D eigenvalue weighted by Crippen LogP contribution is -2.51. The zero-order valence-corrected chi connectivity index (χ0v) is 13.0. The summed E-state index contributed by atoms with van der Waals surface area (Å²) in [6.45, 7) is 6.12. The molecule has 1 fully saturated rings. The smallest absolute Gasteiger partial charge is 0.335 e. The van der Waals surface area contributed by atoms with Gasteiger partial charge in [0.1, 0.15) is 5.82 Å². The highest BCUT2D eigenvalue weighted by Crippen LogP contribution is 2.24. The van der Waals surface area contributed by atoms with Crippen LogP contribution < -0.4 is 0 Å². The van der Waals surface area contributed by atoms with E-state index in [4.69, 9.17) is 5.11 Å².